The third-order valence-corrected chi connectivity index (χ3v) is 4.72. The van der Waals surface area contributed by atoms with Gasteiger partial charge in [-0.1, -0.05) is 24.3 Å². The molecule has 1 aromatic heterocycles. The van der Waals surface area contributed by atoms with E-state index in [1.807, 2.05) is 42.5 Å². The fourth-order valence-electron chi connectivity index (χ4n) is 2.61. The number of benzene rings is 2. The maximum atomic E-state index is 5.94. The largest absolute Gasteiger partial charge is 0.493 e. The van der Waals surface area contributed by atoms with E-state index in [9.17, 15) is 0 Å². The number of aromatic nitrogens is 3. The number of halogens is 1. The Labute approximate surface area is 183 Å². The molecule has 0 spiro atoms. The molecule has 0 atom stereocenters. The Balaban J connectivity index is 1.62. The summed E-state index contributed by atoms with van der Waals surface area (Å²) in [4.78, 5) is 0. The molecule has 7 nitrogen and oxygen atoms in total. The van der Waals surface area contributed by atoms with Crippen LogP contribution in [0.1, 0.15) is 11.1 Å². The predicted octanol–water partition coefficient (Wildman–Crippen LogP) is 3.96. The standard InChI is InChI=1S/C21H21IN4O3/c1-3-6-17-7-4-5-8-19(17)28-9-10-29-21-18(22)11-16(12-20(21)27-2)13-25-26-14-23-24-15-26/h3-5,7-8,11-15H,1,6,9-10H2,2H3. The molecule has 8 heteroatoms. The first-order chi connectivity index (χ1) is 14.2. The highest BCUT2D eigenvalue weighted by atomic mass is 127. The maximum Gasteiger partial charge on any atom is 0.174 e. The van der Waals surface area contributed by atoms with Crippen molar-refractivity contribution in [1.29, 1.82) is 0 Å². The Kier molecular flexibility index (Phi) is 7.62. The molecule has 0 bridgehead atoms. The summed E-state index contributed by atoms with van der Waals surface area (Å²) in [7, 11) is 1.61. The number of hydrogen-bond acceptors (Lipinski definition) is 6. The minimum atomic E-state index is 0.392. The van der Waals surface area contributed by atoms with Crippen LogP contribution in [0, 0.1) is 3.57 Å². The lowest BCUT2D eigenvalue weighted by Crippen LogP contribution is -2.11. The van der Waals surface area contributed by atoms with Crippen LogP contribution in [-0.2, 0) is 6.42 Å². The Bertz CT molecular complexity index is 974. The summed E-state index contributed by atoms with van der Waals surface area (Å²) in [6.45, 7) is 4.60. The first-order valence-electron chi connectivity index (χ1n) is 8.92. The molecule has 0 unspecified atom stereocenters. The van der Waals surface area contributed by atoms with Crippen LogP contribution in [0.2, 0.25) is 0 Å². The lowest BCUT2D eigenvalue weighted by atomic mass is 10.1. The zero-order valence-electron chi connectivity index (χ0n) is 16.0. The van der Waals surface area contributed by atoms with Crippen molar-refractivity contribution >= 4 is 28.8 Å². The third-order valence-electron chi connectivity index (χ3n) is 3.92. The monoisotopic (exact) mass is 504 g/mol. The van der Waals surface area contributed by atoms with Crippen LogP contribution in [0.4, 0.5) is 0 Å². The van der Waals surface area contributed by atoms with Gasteiger partial charge in [-0.3, -0.25) is 0 Å². The second kappa shape index (κ2) is 10.6. The summed E-state index contributed by atoms with van der Waals surface area (Å²) in [5, 5.41) is 11.7. The molecule has 3 aromatic rings. The smallest absolute Gasteiger partial charge is 0.174 e. The summed E-state index contributed by atoms with van der Waals surface area (Å²) >= 11 is 2.22. The van der Waals surface area contributed by atoms with Crippen LogP contribution in [-0.4, -0.2) is 41.4 Å². The first-order valence-corrected chi connectivity index (χ1v) is 10.00. The van der Waals surface area contributed by atoms with Crippen molar-refractivity contribution in [2.75, 3.05) is 20.3 Å². The number of rotatable bonds is 10. The molecule has 0 saturated carbocycles. The van der Waals surface area contributed by atoms with Gasteiger partial charge in [0.25, 0.3) is 0 Å². The lowest BCUT2D eigenvalue weighted by molar-refractivity contribution is 0.209. The van der Waals surface area contributed by atoms with Crippen LogP contribution >= 0.6 is 22.6 Å². The lowest BCUT2D eigenvalue weighted by Gasteiger charge is -2.15. The highest BCUT2D eigenvalue weighted by Crippen LogP contribution is 2.33. The molecule has 0 fully saturated rings. The molecule has 3 rings (SSSR count). The van der Waals surface area contributed by atoms with E-state index in [1.165, 1.54) is 17.3 Å². The Morgan fingerprint density at radius 2 is 1.86 bits per heavy atom. The minimum absolute atomic E-state index is 0.392. The van der Waals surface area contributed by atoms with Gasteiger partial charge in [-0.25, -0.2) is 4.68 Å². The molecule has 0 N–H and O–H groups in total. The number of hydrogen-bond donors (Lipinski definition) is 0. The number of allylic oxidation sites excluding steroid dienone is 1. The predicted molar refractivity (Wildman–Crippen MR) is 120 cm³/mol. The molecular weight excluding hydrogens is 483 g/mol. The highest BCUT2D eigenvalue weighted by molar-refractivity contribution is 14.1. The molecule has 0 aliphatic rings. The molecule has 2 aromatic carbocycles. The fraction of sp³-hybridized carbons (Fsp3) is 0.190. The molecule has 0 aliphatic heterocycles. The second-order valence-electron chi connectivity index (χ2n) is 5.92. The van der Waals surface area contributed by atoms with Gasteiger partial charge in [-0.15, -0.1) is 16.8 Å². The molecule has 0 amide bonds. The second-order valence-corrected chi connectivity index (χ2v) is 7.08. The zero-order valence-corrected chi connectivity index (χ0v) is 18.2. The van der Waals surface area contributed by atoms with E-state index in [-0.39, 0.29) is 0 Å². The van der Waals surface area contributed by atoms with Crippen molar-refractivity contribution in [1.82, 2.24) is 14.9 Å². The van der Waals surface area contributed by atoms with Crippen LogP contribution in [0.3, 0.4) is 0 Å². The van der Waals surface area contributed by atoms with Crippen LogP contribution < -0.4 is 14.2 Å². The SMILES string of the molecule is C=CCc1ccccc1OCCOc1c(I)cc(C=Nn2cnnc2)cc1OC. The van der Waals surface area contributed by atoms with Crippen molar-refractivity contribution in [3.63, 3.8) is 0 Å². The van der Waals surface area contributed by atoms with Crippen molar-refractivity contribution in [2.45, 2.75) is 6.42 Å². The van der Waals surface area contributed by atoms with Gasteiger partial charge in [0.15, 0.2) is 11.5 Å². The van der Waals surface area contributed by atoms with Crippen molar-refractivity contribution < 1.29 is 14.2 Å². The topological polar surface area (TPSA) is 70.8 Å². The molecule has 150 valence electrons. The summed E-state index contributed by atoms with van der Waals surface area (Å²) in [5.74, 6) is 2.16. The van der Waals surface area contributed by atoms with E-state index in [0.717, 1.165) is 26.9 Å². The zero-order chi connectivity index (χ0) is 20.5. The van der Waals surface area contributed by atoms with Gasteiger partial charge >= 0.3 is 0 Å². The summed E-state index contributed by atoms with van der Waals surface area (Å²) in [6, 6.07) is 11.8. The van der Waals surface area contributed by atoms with Crippen molar-refractivity contribution in [3.8, 4) is 17.2 Å². The van der Waals surface area contributed by atoms with Crippen LogP contribution in [0.5, 0.6) is 17.2 Å². The molecule has 0 aliphatic carbocycles. The van der Waals surface area contributed by atoms with Crippen molar-refractivity contribution in [2.24, 2.45) is 5.10 Å². The number of ether oxygens (including phenoxy) is 3. The first kappa shape index (κ1) is 20.8. The molecular formula is C21H21IN4O3. The number of nitrogens with zero attached hydrogens (tertiary/aromatic N) is 4. The summed E-state index contributed by atoms with van der Waals surface area (Å²) in [5.41, 5.74) is 1.98. The van der Waals surface area contributed by atoms with Gasteiger partial charge in [0, 0.05) is 0 Å². The highest BCUT2D eigenvalue weighted by Gasteiger charge is 2.11. The summed E-state index contributed by atoms with van der Waals surface area (Å²) in [6.07, 6.45) is 7.37. The molecule has 0 radical (unpaired) electrons. The summed E-state index contributed by atoms with van der Waals surface area (Å²) < 4.78 is 19.7. The van der Waals surface area contributed by atoms with Gasteiger partial charge in [-0.05, 0) is 58.3 Å². The molecule has 29 heavy (non-hydrogen) atoms. The molecule has 1 heterocycles. The number of methoxy groups -OCH3 is 1. The average molecular weight is 504 g/mol. The van der Waals surface area contributed by atoms with E-state index in [1.54, 1.807) is 13.3 Å². The van der Waals surface area contributed by atoms with Gasteiger partial charge in [0.2, 0.25) is 0 Å². The van der Waals surface area contributed by atoms with Gasteiger partial charge in [0.1, 0.15) is 31.6 Å². The van der Waals surface area contributed by atoms with Gasteiger partial charge < -0.3 is 14.2 Å². The van der Waals surface area contributed by atoms with E-state index in [0.29, 0.717) is 24.7 Å². The van der Waals surface area contributed by atoms with E-state index in [2.05, 4.69) is 44.5 Å². The van der Waals surface area contributed by atoms with Gasteiger partial charge in [-0.2, -0.15) is 5.10 Å². The Morgan fingerprint density at radius 3 is 2.62 bits per heavy atom. The number of para-hydroxylation sites is 1. The third kappa shape index (κ3) is 5.80. The van der Waals surface area contributed by atoms with Crippen LogP contribution in [0.15, 0.2) is 66.8 Å². The van der Waals surface area contributed by atoms with Crippen LogP contribution in [0.25, 0.3) is 0 Å². The van der Waals surface area contributed by atoms with E-state index in [4.69, 9.17) is 14.2 Å². The maximum absolute atomic E-state index is 5.94. The van der Waals surface area contributed by atoms with Crippen molar-refractivity contribution in [3.05, 3.63) is 76.4 Å². The van der Waals surface area contributed by atoms with E-state index < -0.39 is 0 Å². The Hall–Kier alpha value is -2.88. The van der Waals surface area contributed by atoms with E-state index >= 15 is 0 Å². The minimum Gasteiger partial charge on any atom is -0.493 e. The average Bonchev–Trinajstić information content (AvgIpc) is 3.25. The fourth-order valence-corrected chi connectivity index (χ4v) is 3.39. The van der Waals surface area contributed by atoms with Gasteiger partial charge in [0.05, 0.1) is 16.9 Å². The normalized spacial score (nSPS) is 10.8. The Morgan fingerprint density at radius 1 is 1.10 bits per heavy atom. The molecule has 0 saturated heterocycles. The quantitative estimate of drug-likeness (QED) is 0.181.